The van der Waals surface area contributed by atoms with Crippen LogP contribution in [0.5, 0.6) is 0 Å². The summed E-state index contributed by atoms with van der Waals surface area (Å²) in [5.41, 5.74) is -0.410. The van der Waals surface area contributed by atoms with E-state index in [1.165, 1.54) is 19.3 Å². The van der Waals surface area contributed by atoms with Gasteiger partial charge in [-0.1, -0.05) is 0 Å². The monoisotopic (exact) mass is 238 g/mol. The number of hydrogen-bond acceptors (Lipinski definition) is 1. The highest BCUT2D eigenvalue weighted by Gasteiger charge is 2.65. The van der Waals surface area contributed by atoms with Crippen LogP contribution in [0.2, 0.25) is 0 Å². The minimum Gasteiger partial charge on any atom is -0.481 e. The molecule has 0 aromatic heterocycles. The van der Waals surface area contributed by atoms with Crippen LogP contribution >= 0.6 is 0 Å². The molecule has 4 aliphatic rings. The molecule has 0 aliphatic heterocycles. The highest BCUT2D eigenvalue weighted by atomic mass is 16.4. The molecule has 0 radical (unpaired) electrons. The van der Waals surface area contributed by atoms with Crippen LogP contribution < -0.4 is 0 Å². The highest BCUT2D eigenvalue weighted by molar-refractivity contribution is 5.76. The predicted molar refractivity (Wildman–Crippen MR) is 65.4 cm³/mol. The Bertz CT molecular complexity index is 344. The fourth-order valence-corrected chi connectivity index (χ4v) is 5.69. The van der Waals surface area contributed by atoms with E-state index in [2.05, 4.69) is 21.1 Å². The lowest BCUT2D eigenvalue weighted by molar-refractivity contribution is -0.910. The van der Waals surface area contributed by atoms with Crippen molar-refractivity contribution in [1.82, 2.24) is 0 Å². The van der Waals surface area contributed by atoms with E-state index in [1.807, 2.05) is 0 Å². The minimum absolute atomic E-state index is 0.327. The van der Waals surface area contributed by atoms with E-state index in [4.69, 9.17) is 0 Å². The van der Waals surface area contributed by atoms with Crippen molar-refractivity contribution in [2.24, 2.45) is 23.2 Å². The van der Waals surface area contributed by atoms with E-state index in [1.54, 1.807) is 0 Å². The summed E-state index contributed by atoms with van der Waals surface area (Å²) in [5.74, 6) is 1.53. The van der Waals surface area contributed by atoms with Gasteiger partial charge in [-0.05, 0) is 43.9 Å². The first-order chi connectivity index (χ1) is 7.83. The Kier molecular flexibility index (Phi) is 2.20. The maximum absolute atomic E-state index is 11.9. The molecular formula is C14H24NO2+. The van der Waals surface area contributed by atoms with Crippen molar-refractivity contribution in [3.05, 3.63) is 0 Å². The van der Waals surface area contributed by atoms with E-state index in [0.29, 0.717) is 23.8 Å². The van der Waals surface area contributed by atoms with Gasteiger partial charge >= 0.3 is 5.97 Å². The lowest BCUT2D eigenvalue weighted by Crippen LogP contribution is -2.68. The normalized spacial score (nSPS) is 48.4. The van der Waals surface area contributed by atoms with E-state index >= 15 is 0 Å². The molecule has 3 unspecified atom stereocenters. The first-order valence-corrected chi connectivity index (χ1v) is 6.87. The second kappa shape index (κ2) is 3.25. The largest absolute Gasteiger partial charge is 0.481 e. The number of carboxylic acid groups (broad SMARTS) is 1. The number of rotatable bonds is 2. The second-order valence-corrected chi connectivity index (χ2v) is 7.63. The van der Waals surface area contributed by atoms with Crippen LogP contribution in [0.3, 0.4) is 0 Å². The number of nitrogens with zero attached hydrogens (tertiary/aromatic N) is 1. The van der Waals surface area contributed by atoms with Gasteiger partial charge in [0.2, 0.25) is 0 Å². The number of quaternary nitrogens is 1. The summed E-state index contributed by atoms with van der Waals surface area (Å²) in [4.78, 5) is 11.9. The molecule has 0 aromatic carbocycles. The van der Waals surface area contributed by atoms with E-state index in [9.17, 15) is 9.90 Å². The third kappa shape index (κ3) is 1.48. The van der Waals surface area contributed by atoms with E-state index in [0.717, 1.165) is 17.3 Å². The summed E-state index contributed by atoms with van der Waals surface area (Å²) in [6.45, 7) is 0. The Morgan fingerprint density at radius 1 is 1.12 bits per heavy atom. The second-order valence-electron chi connectivity index (χ2n) is 7.63. The maximum Gasteiger partial charge on any atom is 0.315 e. The van der Waals surface area contributed by atoms with Crippen molar-refractivity contribution >= 4 is 5.97 Å². The van der Waals surface area contributed by atoms with E-state index < -0.39 is 11.4 Å². The molecule has 4 saturated carbocycles. The zero-order chi connectivity index (χ0) is 12.4. The number of aliphatic carboxylic acids is 1. The fraction of sp³-hybridized carbons (Fsp3) is 0.929. The topological polar surface area (TPSA) is 37.3 Å². The molecule has 1 N–H and O–H groups in total. The van der Waals surface area contributed by atoms with Crippen LogP contribution in [0, 0.1) is 23.2 Å². The molecule has 96 valence electrons. The van der Waals surface area contributed by atoms with Gasteiger partial charge in [-0.25, -0.2) is 0 Å². The van der Waals surface area contributed by atoms with Crippen LogP contribution in [0.1, 0.15) is 32.1 Å². The Morgan fingerprint density at radius 2 is 1.65 bits per heavy atom. The number of carbonyl (C=O) groups is 1. The highest BCUT2D eigenvalue weighted by Crippen LogP contribution is 2.61. The molecule has 3 heteroatoms. The van der Waals surface area contributed by atoms with Crippen LogP contribution in [0.4, 0.5) is 0 Å². The molecule has 17 heavy (non-hydrogen) atoms. The van der Waals surface area contributed by atoms with Crippen molar-refractivity contribution in [1.29, 1.82) is 0 Å². The van der Waals surface area contributed by atoms with E-state index in [-0.39, 0.29) is 0 Å². The smallest absolute Gasteiger partial charge is 0.315 e. The van der Waals surface area contributed by atoms with Gasteiger partial charge < -0.3 is 9.59 Å². The van der Waals surface area contributed by atoms with Crippen molar-refractivity contribution in [2.45, 2.75) is 38.1 Å². The summed E-state index contributed by atoms with van der Waals surface area (Å²) in [6.07, 6.45) is 5.75. The summed E-state index contributed by atoms with van der Waals surface area (Å²) in [6, 6.07) is 0.327. The summed E-state index contributed by atoms with van der Waals surface area (Å²) < 4.78 is 0.816. The fourth-order valence-electron chi connectivity index (χ4n) is 5.69. The van der Waals surface area contributed by atoms with Crippen molar-refractivity contribution in [3.63, 3.8) is 0 Å². The van der Waals surface area contributed by atoms with Crippen LogP contribution in [-0.4, -0.2) is 42.7 Å². The summed E-state index contributed by atoms with van der Waals surface area (Å²) in [5, 5.41) is 9.80. The van der Waals surface area contributed by atoms with Gasteiger partial charge in [0.25, 0.3) is 0 Å². The third-order valence-corrected chi connectivity index (χ3v) is 5.52. The first kappa shape index (κ1) is 11.5. The molecule has 0 spiro atoms. The van der Waals surface area contributed by atoms with Gasteiger partial charge in [0.1, 0.15) is 11.5 Å². The molecule has 0 aromatic rings. The zero-order valence-corrected chi connectivity index (χ0v) is 11.1. The maximum atomic E-state index is 11.9. The zero-order valence-electron chi connectivity index (χ0n) is 11.1. The van der Waals surface area contributed by atoms with Gasteiger partial charge in [-0.15, -0.1) is 0 Å². The van der Waals surface area contributed by atoms with Gasteiger partial charge in [0.15, 0.2) is 0 Å². The van der Waals surface area contributed by atoms with Crippen LogP contribution in [0.25, 0.3) is 0 Å². The molecule has 0 saturated heterocycles. The van der Waals surface area contributed by atoms with Crippen molar-refractivity contribution in [3.8, 4) is 0 Å². The molecule has 0 amide bonds. The molecule has 4 bridgehead atoms. The SMILES string of the molecule is C[N+](C)(C)C1C2CC3CC(C2)CC1(C(=O)O)C3. The Hall–Kier alpha value is -0.570. The predicted octanol–water partition coefficient (Wildman–Crippen LogP) is 1.97. The summed E-state index contributed by atoms with van der Waals surface area (Å²) >= 11 is 0. The number of carboxylic acids is 1. The molecule has 3 nitrogen and oxygen atoms in total. The Labute approximate surface area is 103 Å². The minimum atomic E-state index is -0.519. The van der Waals surface area contributed by atoms with Crippen molar-refractivity contribution in [2.75, 3.05) is 21.1 Å². The molecule has 4 aliphatic carbocycles. The van der Waals surface area contributed by atoms with Crippen molar-refractivity contribution < 1.29 is 14.4 Å². The van der Waals surface area contributed by atoms with Gasteiger partial charge in [-0.3, -0.25) is 4.79 Å². The quantitative estimate of drug-likeness (QED) is 0.747. The van der Waals surface area contributed by atoms with Gasteiger partial charge in [-0.2, -0.15) is 0 Å². The third-order valence-electron chi connectivity index (χ3n) is 5.52. The number of hydrogen-bond donors (Lipinski definition) is 1. The standard InChI is InChI=1S/C14H23NO2/c1-15(2,3)12-11-5-9-4-10(6-11)8-14(12,7-9)13(16)17/h9-12H,4-8H2,1-3H3/p+1. The van der Waals surface area contributed by atoms with Gasteiger partial charge in [0.05, 0.1) is 21.1 Å². The lowest BCUT2D eigenvalue weighted by atomic mass is 9.46. The Morgan fingerprint density at radius 3 is 2.06 bits per heavy atom. The average molecular weight is 238 g/mol. The molecule has 4 rings (SSSR count). The molecule has 0 heterocycles. The molecule has 4 fully saturated rings. The van der Waals surface area contributed by atoms with Crippen LogP contribution in [0.15, 0.2) is 0 Å². The molecule has 3 atom stereocenters. The lowest BCUT2D eigenvalue weighted by Gasteiger charge is -2.61. The summed E-state index contributed by atoms with van der Waals surface area (Å²) in [7, 11) is 6.53. The first-order valence-electron chi connectivity index (χ1n) is 6.87. The Balaban J connectivity index is 2.05. The van der Waals surface area contributed by atoms with Gasteiger partial charge in [0, 0.05) is 5.92 Å². The average Bonchev–Trinajstić information content (AvgIpc) is 2.12. The van der Waals surface area contributed by atoms with Crippen LogP contribution in [-0.2, 0) is 4.79 Å². The molecular weight excluding hydrogens is 214 g/mol.